The van der Waals surface area contributed by atoms with E-state index in [9.17, 15) is 9.59 Å². The first kappa shape index (κ1) is 23.5. The third kappa shape index (κ3) is 3.56. The quantitative estimate of drug-likeness (QED) is 0.564. The van der Waals surface area contributed by atoms with Crippen molar-refractivity contribution in [2.24, 2.45) is 17.3 Å². The van der Waals surface area contributed by atoms with E-state index in [0.717, 1.165) is 24.5 Å². The second-order valence-electron chi connectivity index (χ2n) is 11.5. The number of carbonyl (C=O) groups excluding carboxylic acids is 2. The summed E-state index contributed by atoms with van der Waals surface area (Å²) < 4.78 is 10.4. The molecule has 6 nitrogen and oxygen atoms in total. The van der Waals surface area contributed by atoms with E-state index in [2.05, 4.69) is 35.3 Å². The topological polar surface area (TPSA) is 67.9 Å². The fraction of sp³-hybridized carbons (Fsp3) is 0.533. The van der Waals surface area contributed by atoms with Crippen LogP contribution in [0.3, 0.4) is 0 Å². The number of benzene rings is 2. The molecule has 1 saturated heterocycles. The van der Waals surface area contributed by atoms with Gasteiger partial charge < -0.3 is 14.8 Å². The molecule has 1 amide bonds. The van der Waals surface area contributed by atoms with Crippen LogP contribution >= 0.6 is 0 Å². The van der Waals surface area contributed by atoms with Gasteiger partial charge in [0.05, 0.1) is 19.8 Å². The van der Waals surface area contributed by atoms with E-state index in [-0.39, 0.29) is 11.3 Å². The minimum absolute atomic E-state index is 0.0471. The van der Waals surface area contributed by atoms with Crippen molar-refractivity contribution in [3.8, 4) is 5.75 Å². The molecule has 1 heterocycles. The standard InChI is InChI=1S/C30H36N2O4/c1-19-29(11-12-31-27(33)22-5-4-6-23(13-22)28(34)36-3)17-30(19)18-32(16-20-7-8-20)26(30)14-21-9-10-24(35-2)15-25(21)29/h4-6,9-10,13,15,19-20,26H,7-8,11-12,14,16-18H2,1-3H3,(H,31,33). The number of hydrogen-bond acceptors (Lipinski definition) is 5. The average molecular weight is 489 g/mol. The van der Waals surface area contributed by atoms with E-state index >= 15 is 0 Å². The van der Waals surface area contributed by atoms with Gasteiger partial charge in [0, 0.05) is 42.1 Å². The maximum absolute atomic E-state index is 13.0. The monoisotopic (exact) mass is 488 g/mol. The third-order valence-corrected chi connectivity index (χ3v) is 9.80. The summed E-state index contributed by atoms with van der Waals surface area (Å²) in [4.78, 5) is 27.6. The van der Waals surface area contributed by atoms with Crippen LogP contribution in [0.5, 0.6) is 5.75 Å². The molecule has 2 saturated carbocycles. The highest BCUT2D eigenvalue weighted by Crippen LogP contribution is 2.71. The molecular weight excluding hydrogens is 452 g/mol. The lowest BCUT2D eigenvalue weighted by Crippen LogP contribution is -2.76. The van der Waals surface area contributed by atoms with Crippen molar-refractivity contribution in [3.05, 3.63) is 64.7 Å². The average Bonchev–Trinajstić information content (AvgIpc) is 3.74. The molecule has 4 aliphatic carbocycles. The summed E-state index contributed by atoms with van der Waals surface area (Å²) in [5.41, 5.74) is 4.17. The highest BCUT2D eigenvalue weighted by atomic mass is 16.5. The number of methoxy groups -OCH3 is 2. The molecule has 0 aromatic heterocycles. The van der Waals surface area contributed by atoms with E-state index in [4.69, 9.17) is 9.47 Å². The number of ether oxygens (including phenoxy) is 2. The third-order valence-electron chi connectivity index (χ3n) is 9.80. The Bertz CT molecular complexity index is 1210. The molecule has 5 aliphatic rings. The van der Waals surface area contributed by atoms with Gasteiger partial charge in [-0.05, 0) is 85.4 Å². The maximum Gasteiger partial charge on any atom is 0.337 e. The van der Waals surface area contributed by atoms with Crippen LogP contribution in [0.1, 0.15) is 64.4 Å². The van der Waals surface area contributed by atoms with Crippen LogP contribution in [0, 0.1) is 17.3 Å². The largest absolute Gasteiger partial charge is 0.497 e. The summed E-state index contributed by atoms with van der Waals surface area (Å²) in [6.07, 6.45) is 5.98. The van der Waals surface area contributed by atoms with Gasteiger partial charge in [0.25, 0.3) is 5.91 Å². The van der Waals surface area contributed by atoms with Crippen LogP contribution in [0.2, 0.25) is 0 Å². The highest BCUT2D eigenvalue weighted by Gasteiger charge is 2.71. The zero-order chi connectivity index (χ0) is 25.1. The molecule has 6 heteroatoms. The molecule has 0 radical (unpaired) electrons. The van der Waals surface area contributed by atoms with Gasteiger partial charge in [-0.3, -0.25) is 9.69 Å². The van der Waals surface area contributed by atoms with E-state index in [1.165, 1.54) is 50.6 Å². The fourth-order valence-electron chi connectivity index (χ4n) is 7.62. The minimum atomic E-state index is -0.438. The van der Waals surface area contributed by atoms with Crippen molar-refractivity contribution in [1.82, 2.24) is 10.2 Å². The molecule has 190 valence electrons. The normalized spacial score (nSPS) is 30.1. The van der Waals surface area contributed by atoms with Crippen LogP contribution in [0.15, 0.2) is 42.5 Å². The number of esters is 1. The van der Waals surface area contributed by atoms with Crippen LogP contribution in [-0.4, -0.2) is 56.7 Å². The Kier molecular flexibility index (Phi) is 5.63. The molecule has 36 heavy (non-hydrogen) atoms. The predicted octanol–water partition coefficient (Wildman–Crippen LogP) is 4.22. The van der Waals surface area contributed by atoms with Crippen molar-refractivity contribution >= 4 is 11.9 Å². The molecule has 1 N–H and O–H groups in total. The van der Waals surface area contributed by atoms with E-state index < -0.39 is 5.97 Å². The summed E-state index contributed by atoms with van der Waals surface area (Å²) >= 11 is 0. The summed E-state index contributed by atoms with van der Waals surface area (Å²) in [6.45, 7) is 5.52. The van der Waals surface area contributed by atoms with Crippen LogP contribution in [-0.2, 0) is 16.6 Å². The number of amides is 1. The number of rotatable bonds is 8. The Balaban J connectivity index is 1.22. The van der Waals surface area contributed by atoms with Crippen molar-refractivity contribution in [1.29, 1.82) is 0 Å². The van der Waals surface area contributed by atoms with Crippen molar-refractivity contribution in [3.63, 3.8) is 0 Å². The first-order chi connectivity index (χ1) is 17.4. The minimum Gasteiger partial charge on any atom is -0.497 e. The Morgan fingerprint density at radius 2 is 1.92 bits per heavy atom. The van der Waals surface area contributed by atoms with Crippen LogP contribution in [0.25, 0.3) is 0 Å². The lowest BCUT2D eigenvalue weighted by atomic mass is 9.39. The summed E-state index contributed by atoms with van der Waals surface area (Å²) in [5, 5.41) is 3.13. The maximum atomic E-state index is 13.0. The van der Waals surface area contributed by atoms with Crippen LogP contribution < -0.4 is 10.1 Å². The van der Waals surface area contributed by atoms with Crippen molar-refractivity contribution in [2.45, 2.75) is 50.5 Å². The molecular formula is C30H36N2O4. The molecule has 2 bridgehead atoms. The van der Waals surface area contributed by atoms with Crippen LogP contribution in [0.4, 0.5) is 0 Å². The molecule has 1 spiro atoms. The molecule has 2 aromatic carbocycles. The molecule has 4 atom stereocenters. The Morgan fingerprint density at radius 1 is 1.11 bits per heavy atom. The highest BCUT2D eigenvalue weighted by molar-refractivity contribution is 5.97. The van der Waals surface area contributed by atoms with E-state index in [1.807, 2.05) is 0 Å². The Hall–Kier alpha value is -2.86. The Morgan fingerprint density at radius 3 is 2.64 bits per heavy atom. The summed E-state index contributed by atoms with van der Waals surface area (Å²) in [5.74, 6) is 1.78. The number of nitrogens with zero attached hydrogens (tertiary/aromatic N) is 1. The molecule has 2 aromatic rings. The molecule has 7 rings (SSSR count). The van der Waals surface area contributed by atoms with Crippen molar-refractivity contribution in [2.75, 3.05) is 33.9 Å². The number of hydrogen-bond donors (Lipinski definition) is 1. The molecule has 1 aliphatic heterocycles. The number of likely N-dealkylation sites (tertiary alicyclic amines) is 1. The predicted molar refractivity (Wildman–Crippen MR) is 137 cm³/mol. The van der Waals surface area contributed by atoms with Gasteiger partial charge in [0.2, 0.25) is 0 Å². The van der Waals surface area contributed by atoms with E-state index in [1.54, 1.807) is 31.4 Å². The van der Waals surface area contributed by atoms with Gasteiger partial charge >= 0.3 is 5.97 Å². The molecule has 4 unspecified atom stereocenters. The zero-order valence-corrected chi connectivity index (χ0v) is 21.5. The smallest absolute Gasteiger partial charge is 0.337 e. The summed E-state index contributed by atoms with van der Waals surface area (Å²) in [7, 11) is 3.08. The Labute approximate surface area is 213 Å². The first-order valence-corrected chi connectivity index (χ1v) is 13.3. The lowest BCUT2D eigenvalue weighted by Gasteiger charge is -2.72. The first-order valence-electron chi connectivity index (χ1n) is 13.3. The van der Waals surface area contributed by atoms with Gasteiger partial charge in [0.15, 0.2) is 0 Å². The number of nitrogens with one attached hydrogen (secondary N) is 1. The van der Waals surface area contributed by atoms with Gasteiger partial charge in [-0.25, -0.2) is 4.79 Å². The SMILES string of the molecule is COC(=O)c1cccc(C(=O)NCCC23CC4(CN(CC5CC5)C4Cc4ccc(OC)cc42)C3C)c1. The van der Waals surface area contributed by atoms with E-state index in [0.29, 0.717) is 35.0 Å². The summed E-state index contributed by atoms with van der Waals surface area (Å²) in [6, 6.07) is 14.0. The molecule has 3 fully saturated rings. The lowest BCUT2D eigenvalue weighted by molar-refractivity contribution is -0.205. The number of carbonyl (C=O) groups is 2. The van der Waals surface area contributed by atoms with Crippen molar-refractivity contribution < 1.29 is 19.1 Å². The van der Waals surface area contributed by atoms with Gasteiger partial charge in [0.1, 0.15) is 5.75 Å². The second kappa shape index (κ2) is 8.62. The van der Waals surface area contributed by atoms with Gasteiger partial charge in [-0.2, -0.15) is 0 Å². The zero-order valence-electron chi connectivity index (χ0n) is 21.5. The fourth-order valence-corrected chi connectivity index (χ4v) is 7.62. The van der Waals surface area contributed by atoms with Gasteiger partial charge in [-0.15, -0.1) is 0 Å². The second-order valence-corrected chi connectivity index (χ2v) is 11.5. The van der Waals surface area contributed by atoms with Gasteiger partial charge in [-0.1, -0.05) is 19.1 Å².